The van der Waals surface area contributed by atoms with E-state index in [4.69, 9.17) is 11.6 Å². The second kappa shape index (κ2) is 8.51. The van der Waals surface area contributed by atoms with Gasteiger partial charge in [0.2, 0.25) is 5.95 Å². The molecule has 2 rings (SSSR count). The molecule has 0 bridgehead atoms. The van der Waals surface area contributed by atoms with Gasteiger partial charge >= 0.3 is 0 Å². The molecule has 0 aliphatic rings. The minimum absolute atomic E-state index is 0.488. The summed E-state index contributed by atoms with van der Waals surface area (Å²) in [6.45, 7) is 8.07. The quantitative estimate of drug-likeness (QED) is 0.799. The van der Waals surface area contributed by atoms with Crippen LogP contribution in [0.15, 0.2) is 24.3 Å². The number of hydrogen-bond acceptors (Lipinski definition) is 5. The Bertz CT molecular complexity index is 735. The molecule has 126 valence electrons. The molecule has 0 saturated heterocycles. The Kier molecular flexibility index (Phi) is 6.39. The van der Waals surface area contributed by atoms with E-state index in [0.29, 0.717) is 22.2 Å². The van der Waals surface area contributed by atoms with Gasteiger partial charge in [-0.25, -0.2) is 4.98 Å². The van der Waals surface area contributed by atoms with Crippen LogP contribution in [-0.4, -0.2) is 23.1 Å². The molecule has 0 spiro atoms. The molecule has 1 aromatic heterocycles. The summed E-state index contributed by atoms with van der Waals surface area (Å²) in [5.74, 6) is 1.38. The van der Waals surface area contributed by atoms with Gasteiger partial charge in [0, 0.05) is 29.9 Å². The summed E-state index contributed by atoms with van der Waals surface area (Å²) in [7, 11) is 0. The summed E-state index contributed by atoms with van der Waals surface area (Å²) < 4.78 is 0. The topological polar surface area (TPSA) is 64.8 Å². The van der Waals surface area contributed by atoms with E-state index in [9.17, 15) is 5.26 Å². The van der Waals surface area contributed by atoms with E-state index >= 15 is 0 Å². The van der Waals surface area contributed by atoms with Crippen LogP contribution in [0.3, 0.4) is 0 Å². The van der Waals surface area contributed by atoms with Crippen molar-refractivity contribution in [2.75, 3.05) is 23.3 Å². The van der Waals surface area contributed by atoms with Crippen molar-refractivity contribution in [3.05, 3.63) is 40.5 Å². The third kappa shape index (κ3) is 4.36. The second-order valence-corrected chi connectivity index (χ2v) is 5.83. The maximum atomic E-state index is 9.26. The molecule has 0 radical (unpaired) electrons. The molecule has 1 aromatic carbocycles. The molecule has 0 aliphatic heterocycles. The summed E-state index contributed by atoms with van der Waals surface area (Å²) >= 11 is 6.05. The Balaban J connectivity index is 2.42. The van der Waals surface area contributed by atoms with Gasteiger partial charge in [-0.05, 0) is 38.5 Å². The van der Waals surface area contributed by atoms with Crippen LogP contribution in [0.1, 0.15) is 38.4 Å². The van der Waals surface area contributed by atoms with Gasteiger partial charge in [-0.3, -0.25) is 0 Å². The molecule has 6 heteroatoms. The van der Waals surface area contributed by atoms with Crippen molar-refractivity contribution in [2.45, 2.75) is 33.6 Å². The van der Waals surface area contributed by atoms with Gasteiger partial charge in [0.25, 0.3) is 0 Å². The van der Waals surface area contributed by atoms with Crippen LogP contribution >= 0.6 is 11.6 Å². The lowest BCUT2D eigenvalue weighted by atomic mass is 10.2. The van der Waals surface area contributed by atoms with Crippen molar-refractivity contribution in [3.63, 3.8) is 0 Å². The minimum Gasteiger partial charge on any atom is -0.357 e. The van der Waals surface area contributed by atoms with Crippen molar-refractivity contribution in [3.8, 4) is 6.07 Å². The highest BCUT2D eigenvalue weighted by Crippen LogP contribution is 2.24. The fraction of sp³-hybridized carbons (Fsp3) is 0.389. The lowest BCUT2D eigenvalue weighted by molar-refractivity contribution is 0.824. The van der Waals surface area contributed by atoms with Gasteiger partial charge in [-0.15, -0.1) is 0 Å². The average molecular weight is 344 g/mol. The van der Waals surface area contributed by atoms with Crippen LogP contribution in [0.4, 0.5) is 17.5 Å². The van der Waals surface area contributed by atoms with Crippen LogP contribution in [0.25, 0.3) is 0 Å². The maximum Gasteiger partial charge on any atom is 0.229 e. The number of halogens is 1. The van der Waals surface area contributed by atoms with Gasteiger partial charge in [0.15, 0.2) is 0 Å². The number of nitrogens with zero attached hydrogens (tertiary/aromatic N) is 4. The largest absolute Gasteiger partial charge is 0.357 e. The second-order valence-electron chi connectivity index (χ2n) is 5.39. The van der Waals surface area contributed by atoms with E-state index in [1.807, 2.05) is 6.07 Å². The van der Waals surface area contributed by atoms with E-state index in [1.165, 1.54) is 0 Å². The van der Waals surface area contributed by atoms with Crippen LogP contribution in [0.2, 0.25) is 5.02 Å². The smallest absolute Gasteiger partial charge is 0.229 e. The highest BCUT2D eigenvalue weighted by atomic mass is 35.5. The number of anilines is 3. The zero-order chi connectivity index (χ0) is 17.5. The number of aromatic nitrogens is 2. The number of aryl methyl sites for hydroxylation is 1. The Labute approximate surface area is 148 Å². The normalized spacial score (nSPS) is 10.3. The highest BCUT2D eigenvalue weighted by molar-refractivity contribution is 6.30. The number of hydrogen-bond donors (Lipinski definition) is 1. The first kappa shape index (κ1) is 18.0. The third-order valence-electron chi connectivity index (χ3n) is 3.71. The number of rotatable bonds is 7. The zero-order valence-electron chi connectivity index (χ0n) is 14.3. The molecule has 5 nitrogen and oxygen atoms in total. The summed E-state index contributed by atoms with van der Waals surface area (Å²) in [4.78, 5) is 11.4. The molecule has 24 heavy (non-hydrogen) atoms. The van der Waals surface area contributed by atoms with Gasteiger partial charge < -0.3 is 10.2 Å². The van der Waals surface area contributed by atoms with E-state index in [-0.39, 0.29) is 0 Å². The van der Waals surface area contributed by atoms with Crippen molar-refractivity contribution < 1.29 is 0 Å². The van der Waals surface area contributed by atoms with Crippen molar-refractivity contribution in [1.82, 2.24) is 9.97 Å². The van der Waals surface area contributed by atoms with E-state index in [1.54, 1.807) is 18.2 Å². The molecular weight excluding hydrogens is 322 g/mol. The minimum atomic E-state index is 0.488. The SMILES string of the molecule is CCCc1cc(N(CC)CC)nc(Nc2cc(Cl)ccc2C#N)n1. The summed E-state index contributed by atoms with van der Waals surface area (Å²) in [5, 5.41) is 13.0. The zero-order valence-corrected chi connectivity index (χ0v) is 15.1. The third-order valence-corrected chi connectivity index (χ3v) is 3.94. The first-order chi connectivity index (χ1) is 11.6. The molecule has 0 saturated carbocycles. The fourth-order valence-corrected chi connectivity index (χ4v) is 2.64. The molecule has 2 aromatic rings. The Morgan fingerprint density at radius 3 is 2.54 bits per heavy atom. The van der Waals surface area contributed by atoms with Gasteiger partial charge in [-0.1, -0.05) is 24.9 Å². The highest BCUT2D eigenvalue weighted by Gasteiger charge is 2.11. The van der Waals surface area contributed by atoms with E-state index in [2.05, 4.69) is 47.0 Å². The molecule has 0 fully saturated rings. The maximum absolute atomic E-state index is 9.26. The van der Waals surface area contributed by atoms with Crippen molar-refractivity contribution in [1.29, 1.82) is 5.26 Å². The predicted molar refractivity (Wildman–Crippen MR) is 99.0 cm³/mol. The van der Waals surface area contributed by atoms with Crippen LogP contribution in [-0.2, 0) is 6.42 Å². The first-order valence-corrected chi connectivity index (χ1v) is 8.58. The van der Waals surface area contributed by atoms with E-state index < -0.39 is 0 Å². The molecule has 0 atom stereocenters. The predicted octanol–water partition coefficient (Wildman–Crippen LogP) is 4.54. The van der Waals surface area contributed by atoms with Gasteiger partial charge in [0.05, 0.1) is 11.3 Å². The number of nitriles is 1. The lowest BCUT2D eigenvalue weighted by Gasteiger charge is -2.21. The molecule has 0 amide bonds. The standard InChI is InChI=1S/C18H22ClN5/c1-4-7-15-11-17(24(5-2)6-3)23-18(21-15)22-16-10-14(19)9-8-13(16)12-20/h8-11H,4-7H2,1-3H3,(H,21,22,23). The fourth-order valence-electron chi connectivity index (χ4n) is 2.47. The molecule has 0 aliphatic carbocycles. The van der Waals surface area contributed by atoms with Crippen LogP contribution < -0.4 is 10.2 Å². The molecule has 1 N–H and O–H groups in total. The Morgan fingerprint density at radius 2 is 1.92 bits per heavy atom. The summed E-state index contributed by atoms with van der Waals surface area (Å²) in [6.07, 6.45) is 1.89. The van der Waals surface area contributed by atoms with Crippen molar-refractivity contribution >= 4 is 29.1 Å². The summed E-state index contributed by atoms with van der Waals surface area (Å²) in [5.41, 5.74) is 2.11. The van der Waals surface area contributed by atoms with Gasteiger partial charge in [-0.2, -0.15) is 10.2 Å². The molecule has 1 heterocycles. The lowest BCUT2D eigenvalue weighted by Crippen LogP contribution is -2.23. The van der Waals surface area contributed by atoms with Crippen LogP contribution in [0.5, 0.6) is 0 Å². The monoisotopic (exact) mass is 343 g/mol. The van der Waals surface area contributed by atoms with Crippen LogP contribution in [0, 0.1) is 11.3 Å². The first-order valence-electron chi connectivity index (χ1n) is 8.20. The van der Waals surface area contributed by atoms with Gasteiger partial charge in [0.1, 0.15) is 11.9 Å². The molecule has 0 unspecified atom stereocenters. The molecular formula is C18H22ClN5. The Morgan fingerprint density at radius 1 is 1.17 bits per heavy atom. The number of nitrogens with one attached hydrogen (secondary N) is 1. The number of benzene rings is 1. The average Bonchev–Trinajstić information content (AvgIpc) is 2.56. The Hall–Kier alpha value is -2.32. The van der Waals surface area contributed by atoms with Crippen molar-refractivity contribution in [2.24, 2.45) is 0 Å². The summed E-state index contributed by atoms with van der Waals surface area (Å²) in [6, 6.07) is 9.29. The van der Waals surface area contributed by atoms with E-state index in [0.717, 1.165) is 37.4 Å².